The minimum atomic E-state index is -0.573. The number of hydrogen-bond donors (Lipinski definition) is 2. The lowest BCUT2D eigenvalue weighted by Gasteiger charge is -2.39. The Morgan fingerprint density at radius 3 is 1.86 bits per heavy atom. The van der Waals surface area contributed by atoms with E-state index in [2.05, 4.69) is 0 Å². The van der Waals surface area contributed by atoms with Gasteiger partial charge in [0.2, 0.25) is 0 Å². The maximum absolute atomic E-state index is 11.5. The zero-order chi connectivity index (χ0) is 15.6. The van der Waals surface area contributed by atoms with Crippen LogP contribution in [0.2, 0.25) is 0 Å². The van der Waals surface area contributed by atoms with Gasteiger partial charge in [-0.3, -0.25) is 4.79 Å². The summed E-state index contributed by atoms with van der Waals surface area (Å²) in [6.45, 7) is 3.17. The quantitative estimate of drug-likeness (QED) is 0.451. The fraction of sp³-hybridized carbons (Fsp3) is 0.938. The number of carbonyl (C=O) groups is 1. The van der Waals surface area contributed by atoms with Gasteiger partial charge in [-0.2, -0.15) is 0 Å². The molecule has 0 amide bonds. The average molecular weight is 302 g/mol. The topological polar surface area (TPSA) is 76.0 Å². The molecule has 1 aliphatic rings. The Bertz CT molecular complexity index is 270. The van der Waals surface area contributed by atoms with Crippen LogP contribution < -0.4 is 0 Å². The number of aliphatic hydroxyl groups excluding tert-OH is 2. The fourth-order valence-electron chi connectivity index (χ4n) is 2.74. The standard InChI is InChI=1S/C16H30O5/c1-14(19)15-6-8-16(9-7-15,20-12-4-2-10-17)21-13-5-3-11-18/h15,17-18H,2-13H2,1H3. The number of unbranched alkanes of at least 4 members (excludes halogenated alkanes) is 2. The molecule has 1 saturated carbocycles. The van der Waals surface area contributed by atoms with E-state index < -0.39 is 5.79 Å². The van der Waals surface area contributed by atoms with Crippen LogP contribution in [0.4, 0.5) is 0 Å². The number of aliphatic hydroxyl groups is 2. The number of ketones is 1. The molecular weight excluding hydrogens is 272 g/mol. The SMILES string of the molecule is CC(=O)C1CCC(OCCCCO)(OCCCCO)CC1. The minimum Gasteiger partial charge on any atom is -0.396 e. The summed E-state index contributed by atoms with van der Waals surface area (Å²) in [5, 5.41) is 17.6. The van der Waals surface area contributed by atoms with Crippen molar-refractivity contribution in [3.63, 3.8) is 0 Å². The van der Waals surface area contributed by atoms with E-state index in [0.29, 0.717) is 13.2 Å². The summed E-state index contributed by atoms with van der Waals surface area (Å²) in [5.74, 6) is -0.180. The molecule has 1 fully saturated rings. The lowest BCUT2D eigenvalue weighted by molar-refractivity contribution is -0.256. The van der Waals surface area contributed by atoms with Crippen LogP contribution in [0.5, 0.6) is 0 Å². The second-order valence-electron chi connectivity index (χ2n) is 5.85. The molecule has 2 N–H and O–H groups in total. The first-order valence-electron chi connectivity index (χ1n) is 8.13. The normalized spacial score (nSPS) is 18.8. The van der Waals surface area contributed by atoms with Crippen molar-refractivity contribution in [3.8, 4) is 0 Å². The zero-order valence-corrected chi connectivity index (χ0v) is 13.2. The van der Waals surface area contributed by atoms with Crippen molar-refractivity contribution in [2.75, 3.05) is 26.4 Å². The van der Waals surface area contributed by atoms with Crippen LogP contribution >= 0.6 is 0 Å². The van der Waals surface area contributed by atoms with Crippen LogP contribution in [0.3, 0.4) is 0 Å². The van der Waals surface area contributed by atoms with Crippen LogP contribution in [-0.2, 0) is 14.3 Å². The molecule has 0 aliphatic heterocycles. The van der Waals surface area contributed by atoms with Gasteiger partial charge in [-0.1, -0.05) is 0 Å². The Kier molecular flexibility index (Phi) is 9.08. The van der Waals surface area contributed by atoms with E-state index in [9.17, 15) is 4.79 Å². The monoisotopic (exact) mass is 302 g/mol. The lowest BCUT2D eigenvalue weighted by atomic mass is 9.83. The van der Waals surface area contributed by atoms with Gasteiger partial charge in [0.1, 0.15) is 5.78 Å². The zero-order valence-electron chi connectivity index (χ0n) is 13.2. The first-order valence-corrected chi connectivity index (χ1v) is 8.13. The average Bonchev–Trinajstić information content (AvgIpc) is 2.49. The summed E-state index contributed by atoms with van der Waals surface area (Å²) in [7, 11) is 0. The van der Waals surface area contributed by atoms with E-state index >= 15 is 0 Å². The molecule has 0 unspecified atom stereocenters. The fourth-order valence-corrected chi connectivity index (χ4v) is 2.74. The highest BCUT2D eigenvalue weighted by Crippen LogP contribution is 2.36. The Hall–Kier alpha value is -0.490. The molecule has 0 heterocycles. The van der Waals surface area contributed by atoms with Gasteiger partial charge in [-0.15, -0.1) is 0 Å². The smallest absolute Gasteiger partial charge is 0.168 e. The summed E-state index contributed by atoms with van der Waals surface area (Å²) in [4.78, 5) is 11.5. The third-order valence-corrected chi connectivity index (χ3v) is 4.16. The molecule has 0 atom stereocenters. The Labute approximate surface area is 127 Å². The highest BCUT2D eigenvalue weighted by molar-refractivity contribution is 5.78. The second kappa shape index (κ2) is 10.3. The highest BCUT2D eigenvalue weighted by atomic mass is 16.7. The van der Waals surface area contributed by atoms with Gasteiger partial charge in [0, 0.05) is 32.0 Å². The van der Waals surface area contributed by atoms with Gasteiger partial charge in [0.25, 0.3) is 0 Å². The third kappa shape index (κ3) is 6.87. The summed E-state index contributed by atoms with van der Waals surface area (Å²) >= 11 is 0. The number of hydrogen-bond acceptors (Lipinski definition) is 5. The van der Waals surface area contributed by atoms with E-state index in [-0.39, 0.29) is 24.9 Å². The van der Waals surface area contributed by atoms with E-state index in [1.807, 2.05) is 0 Å². The predicted octanol–water partition coefficient (Wildman–Crippen LogP) is 2.04. The molecule has 0 aromatic rings. The number of Topliss-reactive ketones (excluding diaryl/α,β-unsaturated/α-hetero) is 1. The predicted molar refractivity (Wildman–Crippen MR) is 79.9 cm³/mol. The van der Waals surface area contributed by atoms with E-state index in [1.165, 1.54) is 0 Å². The molecule has 0 radical (unpaired) electrons. The molecular formula is C16H30O5. The van der Waals surface area contributed by atoms with Gasteiger partial charge < -0.3 is 19.7 Å². The largest absolute Gasteiger partial charge is 0.396 e. The third-order valence-electron chi connectivity index (χ3n) is 4.16. The number of ether oxygens (including phenoxy) is 2. The first kappa shape index (κ1) is 18.6. The molecule has 1 aliphatic carbocycles. The van der Waals surface area contributed by atoms with Crippen molar-refractivity contribution in [2.45, 2.75) is 64.1 Å². The van der Waals surface area contributed by atoms with Crippen LogP contribution in [0, 0.1) is 5.92 Å². The molecule has 5 nitrogen and oxygen atoms in total. The second-order valence-corrected chi connectivity index (χ2v) is 5.85. The molecule has 5 heteroatoms. The maximum Gasteiger partial charge on any atom is 0.168 e. The molecule has 0 aromatic heterocycles. The summed E-state index contributed by atoms with van der Waals surface area (Å²) in [6.07, 6.45) is 6.21. The van der Waals surface area contributed by atoms with Gasteiger partial charge in [-0.25, -0.2) is 0 Å². The molecule has 0 spiro atoms. The van der Waals surface area contributed by atoms with Crippen LogP contribution in [0.1, 0.15) is 58.3 Å². The molecule has 21 heavy (non-hydrogen) atoms. The van der Waals surface area contributed by atoms with Crippen molar-refractivity contribution in [3.05, 3.63) is 0 Å². The van der Waals surface area contributed by atoms with Crippen molar-refractivity contribution in [1.29, 1.82) is 0 Å². The summed E-state index contributed by atoms with van der Waals surface area (Å²) in [6, 6.07) is 0. The first-order chi connectivity index (χ1) is 10.1. The van der Waals surface area contributed by atoms with E-state index in [1.54, 1.807) is 6.92 Å². The maximum atomic E-state index is 11.5. The molecule has 1 rings (SSSR count). The van der Waals surface area contributed by atoms with Crippen molar-refractivity contribution < 1.29 is 24.5 Å². The van der Waals surface area contributed by atoms with E-state index in [0.717, 1.165) is 51.4 Å². The van der Waals surface area contributed by atoms with Gasteiger partial charge in [-0.05, 0) is 45.4 Å². The summed E-state index contributed by atoms with van der Waals surface area (Å²) < 4.78 is 11.9. The Morgan fingerprint density at radius 2 is 1.48 bits per heavy atom. The number of carbonyl (C=O) groups excluding carboxylic acids is 1. The molecule has 124 valence electrons. The summed E-state index contributed by atoms with van der Waals surface area (Å²) in [5.41, 5.74) is 0. The van der Waals surface area contributed by atoms with Gasteiger partial charge in [0.15, 0.2) is 5.79 Å². The van der Waals surface area contributed by atoms with Crippen LogP contribution in [0.25, 0.3) is 0 Å². The molecule has 0 bridgehead atoms. The van der Waals surface area contributed by atoms with E-state index in [4.69, 9.17) is 19.7 Å². The highest BCUT2D eigenvalue weighted by Gasteiger charge is 2.38. The van der Waals surface area contributed by atoms with Crippen LogP contribution in [-0.4, -0.2) is 48.2 Å². The number of rotatable bonds is 11. The van der Waals surface area contributed by atoms with Gasteiger partial charge >= 0.3 is 0 Å². The van der Waals surface area contributed by atoms with Gasteiger partial charge in [0.05, 0.1) is 13.2 Å². The Balaban J connectivity index is 2.44. The lowest BCUT2D eigenvalue weighted by Crippen LogP contribution is -2.41. The Morgan fingerprint density at radius 1 is 1.00 bits per heavy atom. The van der Waals surface area contributed by atoms with Crippen molar-refractivity contribution in [2.24, 2.45) is 5.92 Å². The molecule has 0 saturated heterocycles. The van der Waals surface area contributed by atoms with Crippen LogP contribution in [0.15, 0.2) is 0 Å². The minimum absolute atomic E-state index is 0.139. The van der Waals surface area contributed by atoms with Crippen molar-refractivity contribution in [1.82, 2.24) is 0 Å². The molecule has 0 aromatic carbocycles. The van der Waals surface area contributed by atoms with Crippen molar-refractivity contribution >= 4 is 5.78 Å².